The van der Waals surface area contributed by atoms with Gasteiger partial charge in [-0.3, -0.25) is 19.3 Å². The van der Waals surface area contributed by atoms with Crippen LogP contribution in [-0.4, -0.2) is 41.3 Å². The molecule has 0 heterocycles. The summed E-state index contributed by atoms with van der Waals surface area (Å²) in [5.74, 6) is -0.105. The molecule has 1 N–H and O–H groups in total. The third kappa shape index (κ3) is 5.96. The lowest BCUT2D eigenvalue weighted by molar-refractivity contribution is -0.128. The fourth-order valence-corrected chi connectivity index (χ4v) is 3.46. The Morgan fingerprint density at radius 2 is 1.79 bits per heavy atom. The van der Waals surface area contributed by atoms with E-state index in [2.05, 4.69) is 5.32 Å². The molecule has 7 heteroatoms. The number of nitrogens with zero attached hydrogens (tertiary/aromatic N) is 2. The third-order valence-electron chi connectivity index (χ3n) is 4.01. The number of Topliss-reactive ketones (excluding diaryl/α,β-unsaturated/α-hetero) is 1. The Morgan fingerprint density at radius 3 is 2.43 bits per heavy atom. The van der Waals surface area contributed by atoms with Crippen molar-refractivity contribution in [3.05, 3.63) is 71.3 Å². The smallest absolute Gasteiger partial charge is 0.258 e. The average Bonchev–Trinajstić information content (AvgIpc) is 2.72. The van der Waals surface area contributed by atoms with Gasteiger partial charge in [0.15, 0.2) is 12.0 Å². The topological polar surface area (TPSA) is 90.3 Å². The van der Waals surface area contributed by atoms with Gasteiger partial charge >= 0.3 is 0 Å². The first kappa shape index (κ1) is 21.2. The highest BCUT2D eigenvalue weighted by molar-refractivity contribution is 7.98. The van der Waals surface area contributed by atoms with E-state index in [0.29, 0.717) is 17.1 Å². The van der Waals surface area contributed by atoms with Crippen LogP contribution in [0.4, 0.5) is 0 Å². The van der Waals surface area contributed by atoms with Crippen LogP contribution in [0, 0.1) is 11.5 Å². The van der Waals surface area contributed by atoms with Crippen molar-refractivity contribution in [1.29, 1.82) is 5.26 Å². The van der Waals surface area contributed by atoms with Gasteiger partial charge in [0.1, 0.15) is 6.04 Å². The number of amides is 2. The van der Waals surface area contributed by atoms with Gasteiger partial charge in [-0.15, -0.1) is 0 Å². The lowest BCUT2D eigenvalue weighted by Gasteiger charge is -2.20. The van der Waals surface area contributed by atoms with E-state index in [1.807, 2.05) is 30.3 Å². The summed E-state index contributed by atoms with van der Waals surface area (Å²) in [7, 11) is 1.36. The van der Waals surface area contributed by atoms with Crippen molar-refractivity contribution < 1.29 is 14.4 Å². The highest BCUT2D eigenvalue weighted by Crippen LogP contribution is 2.14. The summed E-state index contributed by atoms with van der Waals surface area (Å²) in [5.41, 5.74) is 1.81. The molecule has 0 saturated heterocycles. The second-order valence-electron chi connectivity index (χ2n) is 6.16. The Kier molecular flexibility index (Phi) is 7.78. The van der Waals surface area contributed by atoms with Crippen molar-refractivity contribution >= 4 is 29.4 Å². The van der Waals surface area contributed by atoms with Gasteiger partial charge < -0.3 is 5.32 Å². The molecule has 0 aliphatic rings. The van der Waals surface area contributed by atoms with E-state index in [0.717, 1.165) is 10.5 Å². The Hall–Kier alpha value is -3.11. The standard InChI is InChI=1S/C21H21N3O3S/c1-15(25)17-9-6-10-18(11-17)20(26)23-19(21(27)24(2)14-22)13-28-12-16-7-4-3-5-8-16/h3-11,19H,12-13H2,1-2H3,(H,23,26)/t19-/m0/s1. The molecule has 6 nitrogen and oxygen atoms in total. The summed E-state index contributed by atoms with van der Waals surface area (Å²) >= 11 is 1.49. The van der Waals surface area contributed by atoms with Crippen LogP contribution in [0.15, 0.2) is 54.6 Å². The van der Waals surface area contributed by atoms with E-state index in [1.165, 1.54) is 31.8 Å². The number of ketones is 1. The Balaban J connectivity index is 2.09. The van der Waals surface area contributed by atoms with E-state index >= 15 is 0 Å². The first-order valence-electron chi connectivity index (χ1n) is 8.63. The fourth-order valence-electron chi connectivity index (χ4n) is 2.45. The summed E-state index contributed by atoms with van der Waals surface area (Å²) in [4.78, 5) is 37.5. The summed E-state index contributed by atoms with van der Waals surface area (Å²) in [6.07, 6.45) is 1.77. The Bertz CT molecular complexity index is 893. The van der Waals surface area contributed by atoms with Crippen LogP contribution in [0.25, 0.3) is 0 Å². The highest BCUT2D eigenvalue weighted by atomic mass is 32.2. The maximum Gasteiger partial charge on any atom is 0.258 e. The number of carbonyl (C=O) groups is 3. The van der Waals surface area contributed by atoms with Gasteiger partial charge in [-0.05, 0) is 24.6 Å². The molecule has 0 fully saturated rings. The maximum absolute atomic E-state index is 12.6. The molecule has 0 spiro atoms. The molecule has 0 bridgehead atoms. The molecule has 144 valence electrons. The van der Waals surface area contributed by atoms with Crippen LogP contribution in [0.5, 0.6) is 0 Å². The maximum atomic E-state index is 12.6. The van der Waals surface area contributed by atoms with Gasteiger partial charge in [-0.25, -0.2) is 0 Å². The Morgan fingerprint density at radius 1 is 1.11 bits per heavy atom. The molecule has 0 radical (unpaired) electrons. The average molecular weight is 395 g/mol. The van der Waals surface area contributed by atoms with Gasteiger partial charge in [0.25, 0.3) is 11.8 Å². The minimum atomic E-state index is -0.855. The van der Waals surface area contributed by atoms with Gasteiger partial charge in [0, 0.05) is 29.7 Å². The number of rotatable bonds is 8. The molecule has 2 aromatic carbocycles. The number of nitrogens with one attached hydrogen (secondary N) is 1. The molecule has 0 aliphatic carbocycles. The third-order valence-corrected chi connectivity index (χ3v) is 5.12. The van der Waals surface area contributed by atoms with Crippen molar-refractivity contribution in [2.24, 2.45) is 0 Å². The van der Waals surface area contributed by atoms with Crippen molar-refractivity contribution in [3.8, 4) is 6.19 Å². The van der Waals surface area contributed by atoms with Gasteiger partial charge in [-0.2, -0.15) is 17.0 Å². The van der Waals surface area contributed by atoms with E-state index in [4.69, 9.17) is 5.26 Å². The van der Waals surface area contributed by atoms with Crippen molar-refractivity contribution in [3.63, 3.8) is 0 Å². The Labute approximate surface area is 168 Å². The van der Waals surface area contributed by atoms with Crippen LogP contribution in [-0.2, 0) is 10.5 Å². The largest absolute Gasteiger partial charge is 0.339 e. The molecule has 2 aromatic rings. The quantitative estimate of drug-likeness (QED) is 0.422. The molecule has 0 aromatic heterocycles. The molecular weight excluding hydrogens is 374 g/mol. The number of nitriles is 1. The lowest BCUT2D eigenvalue weighted by atomic mass is 10.1. The molecule has 2 amide bonds. The molecule has 0 aliphatic heterocycles. The van der Waals surface area contributed by atoms with E-state index < -0.39 is 17.9 Å². The van der Waals surface area contributed by atoms with Crippen LogP contribution >= 0.6 is 11.8 Å². The number of hydrogen-bond donors (Lipinski definition) is 1. The summed E-state index contributed by atoms with van der Waals surface area (Å²) in [5, 5.41) is 11.7. The minimum Gasteiger partial charge on any atom is -0.339 e. The highest BCUT2D eigenvalue weighted by Gasteiger charge is 2.25. The number of thioether (sulfide) groups is 1. The molecule has 0 unspecified atom stereocenters. The minimum absolute atomic E-state index is 0.148. The first-order chi connectivity index (χ1) is 13.4. The predicted octanol–water partition coefficient (Wildman–Crippen LogP) is 2.86. The van der Waals surface area contributed by atoms with Gasteiger partial charge in [-0.1, -0.05) is 42.5 Å². The normalized spacial score (nSPS) is 11.2. The van der Waals surface area contributed by atoms with E-state index in [1.54, 1.807) is 24.4 Å². The second kappa shape index (κ2) is 10.3. The van der Waals surface area contributed by atoms with Crippen LogP contribution < -0.4 is 5.32 Å². The lowest BCUT2D eigenvalue weighted by Crippen LogP contribution is -2.47. The van der Waals surface area contributed by atoms with Gasteiger partial charge in [0.2, 0.25) is 0 Å². The predicted molar refractivity (Wildman–Crippen MR) is 109 cm³/mol. The molecular formula is C21H21N3O3S. The number of benzene rings is 2. The fraction of sp³-hybridized carbons (Fsp3) is 0.238. The molecule has 2 rings (SSSR count). The van der Waals surface area contributed by atoms with Crippen molar-refractivity contribution in [2.45, 2.75) is 18.7 Å². The zero-order valence-corrected chi connectivity index (χ0v) is 16.5. The van der Waals surface area contributed by atoms with Crippen LogP contribution in [0.2, 0.25) is 0 Å². The second-order valence-corrected chi connectivity index (χ2v) is 7.19. The zero-order valence-electron chi connectivity index (χ0n) is 15.7. The summed E-state index contributed by atoms with van der Waals surface area (Å²) in [6.45, 7) is 1.42. The van der Waals surface area contributed by atoms with Crippen molar-refractivity contribution in [2.75, 3.05) is 12.8 Å². The molecule has 28 heavy (non-hydrogen) atoms. The first-order valence-corrected chi connectivity index (χ1v) is 9.78. The van der Waals surface area contributed by atoms with Crippen LogP contribution in [0.3, 0.4) is 0 Å². The van der Waals surface area contributed by atoms with E-state index in [-0.39, 0.29) is 11.3 Å². The molecule has 0 saturated carbocycles. The van der Waals surface area contributed by atoms with Crippen LogP contribution in [0.1, 0.15) is 33.2 Å². The summed E-state index contributed by atoms with van der Waals surface area (Å²) < 4.78 is 0. The monoisotopic (exact) mass is 395 g/mol. The van der Waals surface area contributed by atoms with Crippen molar-refractivity contribution in [1.82, 2.24) is 10.2 Å². The molecule has 1 atom stereocenters. The van der Waals surface area contributed by atoms with E-state index in [9.17, 15) is 14.4 Å². The SMILES string of the molecule is CC(=O)c1cccc(C(=O)N[C@@H](CSCc2ccccc2)C(=O)N(C)C#N)c1. The van der Waals surface area contributed by atoms with Gasteiger partial charge in [0.05, 0.1) is 0 Å². The summed E-state index contributed by atoms with van der Waals surface area (Å²) in [6, 6.07) is 15.2. The number of likely N-dealkylation sites (N-methyl/N-ethyl adjacent to an activating group) is 1. The zero-order chi connectivity index (χ0) is 20.5. The number of carbonyl (C=O) groups excluding carboxylic acids is 3. The number of hydrogen-bond acceptors (Lipinski definition) is 5.